The number of nitrogens with zero attached hydrogens (tertiary/aromatic N) is 2. The Hall–Kier alpha value is -2.99. The largest absolute Gasteiger partial charge is 0.459 e. The smallest absolute Gasteiger partial charge is 0.306 e. The maximum Gasteiger partial charge on any atom is 0.306 e. The maximum absolute atomic E-state index is 12.4. The molecular formula is C20H16N2O3S. The summed E-state index contributed by atoms with van der Waals surface area (Å²) in [7, 11) is 0. The van der Waals surface area contributed by atoms with Crippen LogP contribution < -0.4 is 5.56 Å². The summed E-state index contributed by atoms with van der Waals surface area (Å²) in [5.74, 6) is -0.299. The van der Waals surface area contributed by atoms with Gasteiger partial charge < -0.3 is 4.74 Å². The molecule has 0 atom stereocenters. The quantitative estimate of drug-likeness (QED) is 0.508. The molecule has 0 amide bonds. The number of carbonyl (C=O) groups excluding carboxylic acids is 1. The molecule has 2 heterocycles. The molecule has 0 spiro atoms. The Balaban J connectivity index is 1.46. The normalized spacial score (nSPS) is 11.1. The first-order valence-electron chi connectivity index (χ1n) is 8.30. The van der Waals surface area contributed by atoms with Crippen LogP contribution in [0.2, 0.25) is 0 Å². The molecule has 2 aromatic heterocycles. The van der Waals surface area contributed by atoms with Gasteiger partial charge in [-0.1, -0.05) is 53.8 Å². The fraction of sp³-hybridized carbons (Fsp3) is 0.150. The first-order chi connectivity index (χ1) is 12.7. The van der Waals surface area contributed by atoms with E-state index in [2.05, 4.69) is 4.98 Å². The van der Waals surface area contributed by atoms with E-state index in [1.165, 1.54) is 17.4 Å². The number of aryl methyl sites for hydroxylation is 1. The minimum atomic E-state index is -0.299. The number of fused-ring (bicyclic) bond motifs is 3. The van der Waals surface area contributed by atoms with E-state index in [1.807, 2.05) is 54.6 Å². The van der Waals surface area contributed by atoms with Crippen LogP contribution in [0.3, 0.4) is 0 Å². The Morgan fingerprint density at radius 3 is 2.69 bits per heavy atom. The molecule has 0 unspecified atom stereocenters. The number of benzene rings is 2. The second kappa shape index (κ2) is 7.09. The third-order valence-electron chi connectivity index (χ3n) is 4.09. The van der Waals surface area contributed by atoms with Crippen molar-refractivity contribution in [2.45, 2.75) is 19.4 Å². The van der Waals surface area contributed by atoms with Crippen LogP contribution >= 0.6 is 11.3 Å². The summed E-state index contributed by atoms with van der Waals surface area (Å²) in [5.41, 5.74) is 2.24. The second-order valence-electron chi connectivity index (χ2n) is 5.92. The SMILES string of the molecule is O=C(CCc1ccccc1)OCc1cc(=O)n2c(n1)sc1ccccc12. The third kappa shape index (κ3) is 3.36. The molecule has 26 heavy (non-hydrogen) atoms. The molecule has 0 aliphatic carbocycles. The van der Waals surface area contributed by atoms with Gasteiger partial charge in [-0.3, -0.25) is 14.0 Å². The van der Waals surface area contributed by atoms with Crippen LogP contribution in [0.1, 0.15) is 17.7 Å². The van der Waals surface area contributed by atoms with Crippen molar-refractivity contribution < 1.29 is 9.53 Å². The summed E-state index contributed by atoms with van der Waals surface area (Å²) >= 11 is 1.44. The van der Waals surface area contributed by atoms with Gasteiger partial charge in [-0.05, 0) is 24.1 Å². The van der Waals surface area contributed by atoms with Crippen molar-refractivity contribution in [3.05, 3.63) is 82.3 Å². The molecule has 0 bridgehead atoms. The average Bonchev–Trinajstić information content (AvgIpc) is 3.04. The maximum atomic E-state index is 12.4. The van der Waals surface area contributed by atoms with E-state index in [4.69, 9.17) is 4.74 Å². The van der Waals surface area contributed by atoms with Crippen molar-refractivity contribution in [2.75, 3.05) is 0 Å². The van der Waals surface area contributed by atoms with Gasteiger partial charge in [-0.2, -0.15) is 0 Å². The summed E-state index contributed by atoms with van der Waals surface area (Å²) in [6.45, 7) is 0.00755. The number of aromatic nitrogens is 2. The first kappa shape index (κ1) is 16.5. The lowest BCUT2D eigenvalue weighted by atomic mass is 10.1. The minimum absolute atomic E-state index is 0.00755. The van der Waals surface area contributed by atoms with E-state index in [0.717, 1.165) is 15.8 Å². The Bertz CT molecular complexity index is 1130. The molecule has 2 aromatic carbocycles. The van der Waals surface area contributed by atoms with Gasteiger partial charge in [0.1, 0.15) is 6.61 Å². The number of ether oxygens (including phenoxy) is 1. The summed E-state index contributed by atoms with van der Waals surface area (Å²) in [6, 6.07) is 18.9. The van der Waals surface area contributed by atoms with Gasteiger partial charge in [-0.15, -0.1) is 0 Å². The van der Waals surface area contributed by atoms with Crippen molar-refractivity contribution in [1.82, 2.24) is 9.38 Å². The highest BCUT2D eigenvalue weighted by molar-refractivity contribution is 7.23. The van der Waals surface area contributed by atoms with E-state index in [1.54, 1.807) is 4.40 Å². The molecule has 130 valence electrons. The fourth-order valence-electron chi connectivity index (χ4n) is 2.81. The van der Waals surface area contributed by atoms with Crippen LogP contribution in [0, 0.1) is 0 Å². The van der Waals surface area contributed by atoms with Gasteiger partial charge in [0.15, 0.2) is 4.96 Å². The number of hydrogen-bond donors (Lipinski definition) is 0. The van der Waals surface area contributed by atoms with Gasteiger partial charge in [0.25, 0.3) is 5.56 Å². The molecule has 0 aliphatic rings. The Labute approximate surface area is 153 Å². The summed E-state index contributed by atoms with van der Waals surface area (Å²) in [4.78, 5) is 29.4. The van der Waals surface area contributed by atoms with E-state index in [-0.39, 0.29) is 18.1 Å². The zero-order valence-corrected chi connectivity index (χ0v) is 14.7. The molecule has 6 heteroatoms. The van der Waals surface area contributed by atoms with Gasteiger partial charge in [0, 0.05) is 12.5 Å². The van der Waals surface area contributed by atoms with Crippen LogP contribution in [0.25, 0.3) is 15.2 Å². The van der Waals surface area contributed by atoms with E-state index >= 15 is 0 Å². The van der Waals surface area contributed by atoms with Crippen LogP contribution in [-0.4, -0.2) is 15.4 Å². The molecule has 4 aromatic rings. The Morgan fingerprint density at radius 1 is 1.08 bits per heavy atom. The predicted octanol–water partition coefficient (Wildman–Crippen LogP) is 3.59. The average molecular weight is 364 g/mol. The van der Waals surface area contributed by atoms with Gasteiger partial charge in [0.2, 0.25) is 0 Å². The van der Waals surface area contributed by atoms with E-state index in [0.29, 0.717) is 23.5 Å². The predicted molar refractivity (Wildman–Crippen MR) is 101 cm³/mol. The first-order valence-corrected chi connectivity index (χ1v) is 9.12. The molecule has 0 saturated heterocycles. The van der Waals surface area contributed by atoms with E-state index in [9.17, 15) is 9.59 Å². The van der Waals surface area contributed by atoms with Gasteiger partial charge in [0.05, 0.1) is 15.9 Å². The number of esters is 1. The van der Waals surface area contributed by atoms with Gasteiger partial charge >= 0.3 is 5.97 Å². The fourth-order valence-corrected chi connectivity index (χ4v) is 3.86. The highest BCUT2D eigenvalue weighted by atomic mass is 32.1. The standard InChI is InChI=1S/C20H16N2O3S/c23-18-12-15(13-25-19(24)11-10-14-6-2-1-3-7-14)21-20-22(18)16-8-4-5-9-17(16)26-20/h1-9,12H,10-11,13H2. The highest BCUT2D eigenvalue weighted by Gasteiger charge is 2.11. The summed E-state index contributed by atoms with van der Waals surface area (Å²) < 4.78 is 7.86. The molecule has 0 fully saturated rings. The third-order valence-corrected chi connectivity index (χ3v) is 5.11. The van der Waals surface area contributed by atoms with Crippen LogP contribution in [0.15, 0.2) is 65.5 Å². The zero-order chi connectivity index (χ0) is 17.9. The minimum Gasteiger partial charge on any atom is -0.459 e. The van der Waals surface area contributed by atoms with Crippen LogP contribution in [0.5, 0.6) is 0 Å². The van der Waals surface area contributed by atoms with E-state index < -0.39 is 0 Å². The Kier molecular flexibility index (Phi) is 4.50. The van der Waals surface area contributed by atoms with Crippen molar-refractivity contribution in [1.29, 1.82) is 0 Å². The lowest BCUT2D eigenvalue weighted by Crippen LogP contribution is -2.15. The number of thiazole rings is 1. The molecule has 0 radical (unpaired) electrons. The lowest BCUT2D eigenvalue weighted by Gasteiger charge is -2.05. The van der Waals surface area contributed by atoms with Crippen molar-refractivity contribution in [3.63, 3.8) is 0 Å². The molecular weight excluding hydrogens is 348 g/mol. The molecule has 0 aliphatic heterocycles. The summed E-state index contributed by atoms with van der Waals surface area (Å²) in [6.07, 6.45) is 0.930. The zero-order valence-electron chi connectivity index (χ0n) is 13.9. The molecule has 4 rings (SSSR count). The highest BCUT2D eigenvalue weighted by Crippen LogP contribution is 2.23. The lowest BCUT2D eigenvalue weighted by molar-refractivity contribution is -0.145. The second-order valence-corrected chi connectivity index (χ2v) is 6.93. The number of rotatable bonds is 5. The monoisotopic (exact) mass is 364 g/mol. The van der Waals surface area contributed by atoms with Gasteiger partial charge in [-0.25, -0.2) is 4.98 Å². The van der Waals surface area contributed by atoms with Crippen molar-refractivity contribution in [2.24, 2.45) is 0 Å². The molecule has 5 nitrogen and oxygen atoms in total. The van der Waals surface area contributed by atoms with Crippen molar-refractivity contribution in [3.8, 4) is 0 Å². The molecule has 0 saturated carbocycles. The number of hydrogen-bond acceptors (Lipinski definition) is 5. The summed E-state index contributed by atoms with van der Waals surface area (Å²) in [5, 5.41) is 0. The van der Waals surface area contributed by atoms with Crippen LogP contribution in [-0.2, 0) is 22.6 Å². The van der Waals surface area contributed by atoms with Crippen molar-refractivity contribution >= 4 is 32.5 Å². The van der Waals surface area contributed by atoms with Crippen LogP contribution in [0.4, 0.5) is 0 Å². The number of carbonyl (C=O) groups is 1. The number of para-hydroxylation sites is 1. The molecule has 0 N–H and O–H groups in total. The topological polar surface area (TPSA) is 60.7 Å². The Morgan fingerprint density at radius 2 is 1.85 bits per heavy atom.